The molecule has 1 aliphatic rings. The molecule has 0 aliphatic carbocycles. The molecule has 1 aliphatic heterocycles. The normalized spacial score (nSPS) is 20.2. The van der Waals surface area contributed by atoms with Gasteiger partial charge in [0.05, 0.1) is 11.5 Å². The van der Waals surface area contributed by atoms with E-state index in [1.54, 1.807) is 11.0 Å². The molecule has 25 heavy (non-hydrogen) atoms. The Kier molecular flexibility index (Phi) is 6.01. The largest absolute Gasteiger partial charge is 0.507 e. The first-order valence-electron chi connectivity index (χ1n) is 8.36. The van der Waals surface area contributed by atoms with E-state index in [1.165, 1.54) is 12.1 Å². The molecular weight excluding hydrogens is 324 g/mol. The van der Waals surface area contributed by atoms with Crippen LogP contribution in [0, 0.1) is 18.8 Å². The molecule has 2 atom stereocenters. The van der Waals surface area contributed by atoms with Crippen LogP contribution >= 0.6 is 0 Å². The number of carboxylic acid groups (broad SMARTS) is 1. The number of rotatable bonds is 5. The highest BCUT2D eigenvalue weighted by Crippen LogP contribution is 2.22. The zero-order valence-electron chi connectivity index (χ0n) is 14.5. The highest BCUT2D eigenvalue weighted by atomic mass is 16.4. The van der Waals surface area contributed by atoms with Crippen molar-refractivity contribution < 1.29 is 24.6 Å². The highest BCUT2D eigenvalue weighted by Gasteiger charge is 2.31. The molecular formula is C18H24N2O5. The molecule has 7 nitrogen and oxygen atoms in total. The molecule has 0 bridgehead atoms. The number of likely N-dealkylation sites (tertiary alicyclic amines) is 1. The van der Waals surface area contributed by atoms with Crippen molar-refractivity contribution in [1.82, 2.24) is 10.2 Å². The minimum absolute atomic E-state index is 0.0947. The lowest BCUT2D eigenvalue weighted by Gasteiger charge is -2.34. The third-order valence-corrected chi connectivity index (χ3v) is 4.38. The zero-order valence-corrected chi connectivity index (χ0v) is 14.5. The second kappa shape index (κ2) is 8.00. The molecule has 1 fully saturated rings. The van der Waals surface area contributed by atoms with E-state index in [2.05, 4.69) is 5.32 Å². The van der Waals surface area contributed by atoms with E-state index in [0.29, 0.717) is 13.0 Å². The summed E-state index contributed by atoms with van der Waals surface area (Å²) in [6, 6.07) is 4.76. The van der Waals surface area contributed by atoms with Crippen LogP contribution in [0.25, 0.3) is 0 Å². The van der Waals surface area contributed by atoms with Crippen molar-refractivity contribution >= 4 is 17.8 Å². The van der Waals surface area contributed by atoms with Crippen molar-refractivity contribution in [2.75, 3.05) is 19.6 Å². The number of nitrogens with zero attached hydrogens (tertiary/aromatic N) is 1. The fourth-order valence-electron chi connectivity index (χ4n) is 3.10. The van der Waals surface area contributed by atoms with Crippen molar-refractivity contribution in [3.05, 3.63) is 29.3 Å². The van der Waals surface area contributed by atoms with Crippen LogP contribution in [0.15, 0.2) is 18.2 Å². The van der Waals surface area contributed by atoms with E-state index >= 15 is 0 Å². The van der Waals surface area contributed by atoms with E-state index < -0.39 is 17.8 Å². The number of aromatic hydroxyl groups is 1. The Morgan fingerprint density at radius 2 is 2.00 bits per heavy atom. The van der Waals surface area contributed by atoms with Gasteiger partial charge >= 0.3 is 5.97 Å². The molecule has 2 amide bonds. The molecule has 1 aromatic carbocycles. The Morgan fingerprint density at radius 1 is 1.28 bits per heavy atom. The van der Waals surface area contributed by atoms with Crippen molar-refractivity contribution in [2.24, 2.45) is 11.8 Å². The summed E-state index contributed by atoms with van der Waals surface area (Å²) in [4.78, 5) is 37.1. The second-order valence-electron chi connectivity index (χ2n) is 6.70. The molecule has 7 heteroatoms. The molecule has 0 aromatic heterocycles. The number of carboxylic acids is 1. The van der Waals surface area contributed by atoms with Crippen molar-refractivity contribution in [2.45, 2.75) is 26.7 Å². The Hall–Kier alpha value is -2.57. The van der Waals surface area contributed by atoms with Gasteiger partial charge in [0.1, 0.15) is 5.75 Å². The number of benzene rings is 1. The molecule has 0 saturated carbocycles. The van der Waals surface area contributed by atoms with E-state index in [4.69, 9.17) is 5.11 Å². The molecule has 1 heterocycles. The lowest BCUT2D eigenvalue weighted by atomic mass is 9.90. The zero-order chi connectivity index (χ0) is 18.6. The summed E-state index contributed by atoms with van der Waals surface area (Å²) >= 11 is 0. The molecule has 3 N–H and O–H groups in total. The number of amides is 2. The van der Waals surface area contributed by atoms with Gasteiger partial charge in [0.25, 0.3) is 5.91 Å². The van der Waals surface area contributed by atoms with Crippen LogP contribution in [-0.2, 0) is 9.59 Å². The Morgan fingerprint density at radius 3 is 2.64 bits per heavy atom. The van der Waals surface area contributed by atoms with Crippen LogP contribution in [0.3, 0.4) is 0 Å². The monoisotopic (exact) mass is 348 g/mol. The van der Waals surface area contributed by atoms with E-state index in [0.717, 1.165) is 5.56 Å². The summed E-state index contributed by atoms with van der Waals surface area (Å²) < 4.78 is 0. The lowest BCUT2D eigenvalue weighted by Crippen LogP contribution is -2.46. The van der Waals surface area contributed by atoms with Crippen LogP contribution in [0.4, 0.5) is 0 Å². The first-order valence-corrected chi connectivity index (χ1v) is 8.36. The average Bonchev–Trinajstić information content (AvgIpc) is 2.53. The van der Waals surface area contributed by atoms with Gasteiger partial charge in [0.2, 0.25) is 5.91 Å². The van der Waals surface area contributed by atoms with Crippen LogP contribution in [-0.4, -0.2) is 52.5 Å². The van der Waals surface area contributed by atoms with Crippen LogP contribution in [0.1, 0.15) is 35.7 Å². The van der Waals surface area contributed by atoms with Gasteiger partial charge in [-0.1, -0.05) is 13.0 Å². The first kappa shape index (κ1) is 18.8. The van der Waals surface area contributed by atoms with Gasteiger partial charge in [-0.2, -0.15) is 0 Å². The number of phenolic OH excluding ortho intramolecular Hbond substituents is 1. The number of aliphatic carboxylic acids is 1. The van der Waals surface area contributed by atoms with Crippen LogP contribution < -0.4 is 5.32 Å². The van der Waals surface area contributed by atoms with Gasteiger partial charge in [-0.15, -0.1) is 0 Å². The molecule has 136 valence electrons. The fraction of sp³-hybridized carbons (Fsp3) is 0.500. The summed E-state index contributed by atoms with van der Waals surface area (Å²) in [5.41, 5.74) is 1.01. The van der Waals surface area contributed by atoms with Crippen LogP contribution in [0.5, 0.6) is 5.75 Å². The summed E-state index contributed by atoms with van der Waals surface area (Å²) in [7, 11) is 0. The Balaban J connectivity index is 1.85. The standard InChI is InChI=1S/C18H24N2O5/c1-11-3-4-14(15(21)8-11)17(23)19-6-5-16(22)20-9-12(2)7-13(10-20)18(24)25/h3-4,8,12-13,21H,5-7,9-10H2,1-2H3,(H,19,23)(H,24,25). The maximum absolute atomic E-state index is 12.3. The minimum Gasteiger partial charge on any atom is -0.507 e. The molecule has 0 spiro atoms. The number of phenols is 1. The average molecular weight is 348 g/mol. The Bertz CT molecular complexity index is 673. The quantitative estimate of drug-likeness (QED) is 0.745. The third-order valence-electron chi connectivity index (χ3n) is 4.38. The summed E-state index contributed by atoms with van der Waals surface area (Å²) in [5.74, 6) is -2.00. The summed E-state index contributed by atoms with van der Waals surface area (Å²) in [6.45, 7) is 4.62. The molecule has 1 aromatic rings. The molecule has 2 rings (SSSR count). The topological polar surface area (TPSA) is 107 Å². The van der Waals surface area contributed by atoms with Gasteiger partial charge in [0, 0.05) is 26.1 Å². The second-order valence-corrected chi connectivity index (χ2v) is 6.70. The summed E-state index contributed by atoms with van der Waals surface area (Å²) in [5, 5.41) is 21.6. The smallest absolute Gasteiger partial charge is 0.308 e. The van der Waals surface area contributed by atoms with E-state index in [9.17, 15) is 19.5 Å². The number of carbonyl (C=O) groups excluding carboxylic acids is 2. The van der Waals surface area contributed by atoms with Crippen LogP contribution in [0.2, 0.25) is 0 Å². The number of hydrogen-bond donors (Lipinski definition) is 3. The fourth-order valence-corrected chi connectivity index (χ4v) is 3.10. The van der Waals surface area contributed by atoms with Crippen molar-refractivity contribution in [3.8, 4) is 5.75 Å². The van der Waals surface area contributed by atoms with Gasteiger partial charge in [-0.3, -0.25) is 14.4 Å². The number of carbonyl (C=O) groups is 3. The molecule has 2 unspecified atom stereocenters. The van der Waals surface area contributed by atoms with Gasteiger partial charge < -0.3 is 20.4 Å². The maximum Gasteiger partial charge on any atom is 0.308 e. The van der Waals surface area contributed by atoms with Gasteiger partial charge in [-0.05, 0) is 37.0 Å². The van der Waals surface area contributed by atoms with Crippen molar-refractivity contribution in [3.63, 3.8) is 0 Å². The molecule has 0 radical (unpaired) electrons. The number of hydrogen-bond acceptors (Lipinski definition) is 4. The summed E-state index contributed by atoms with van der Waals surface area (Å²) in [6.07, 6.45) is 0.667. The number of aryl methyl sites for hydroxylation is 1. The first-order chi connectivity index (χ1) is 11.8. The predicted octanol–water partition coefficient (Wildman–Crippen LogP) is 1.39. The highest BCUT2D eigenvalue weighted by molar-refractivity contribution is 5.97. The molecule has 1 saturated heterocycles. The lowest BCUT2D eigenvalue weighted by molar-refractivity contribution is -0.146. The van der Waals surface area contributed by atoms with Crippen molar-refractivity contribution in [1.29, 1.82) is 0 Å². The SMILES string of the molecule is Cc1ccc(C(=O)NCCC(=O)N2CC(C)CC(C(=O)O)C2)c(O)c1. The maximum atomic E-state index is 12.3. The predicted molar refractivity (Wildman–Crippen MR) is 91.3 cm³/mol. The Labute approximate surface area is 146 Å². The van der Waals surface area contributed by atoms with Gasteiger partial charge in [0.15, 0.2) is 0 Å². The van der Waals surface area contributed by atoms with Gasteiger partial charge in [-0.25, -0.2) is 0 Å². The van der Waals surface area contributed by atoms with E-state index in [1.807, 2.05) is 13.8 Å². The minimum atomic E-state index is -0.882. The third kappa shape index (κ3) is 4.95. The van der Waals surface area contributed by atoms with E-state index in [-0.39, 0.29) is 42.6 Å². The number of nitrogens with one attached hydrogen (secondary N) is 1. The number of piperidine rings is 1.